The number of ether oxygens (including phenoxy) is 1. The Kier molecular flexibility index (Phi) is 6.96. The number of hydrogen-bond donors (Lipinski definition) is 0. The minimum atomic E-state index is -2.58. The summed E-state index contributed by atoms with van der Waals surface area (Å²) in [5, 5.41) is 2.54. The van der Waals surface area contributed by atoms with E-state index >= 15 is 0 Å². The van der Waals surface area contributed by atoms with Gasteiger partial charge < -0.3 is 9.16 Å². The van der Waals surface area contributed by atoms with E-state index in [9.17, 15) is 4.79 Å². The summed E-state index contributed by atoms with van der Waals surface area (Å²) in [5.41, 5.74) is 0. The van der Waals surface area contributed by atoms with Gasteiger partial charge in [-0.15, -0.1) is 0 Å². The Morgan fingerprint density at radius 2 is 1.52 bits per heavy atom. The molecule has 0 spiro atoms. The lowest BCUT2D eigenvalue weighted by molar-refractivity contribution is -0.144. The van der Waals surface area contributed by atoms with E-state index in [4.69, 9.17) is 9.16 Å². The van der Waals surface area contributed by atoms with Gasteiger partial charge in [0, 0.05) is 6.10 Å². The Balaban J connectivity index is 2.03. The van der Waals surface area contributed by atoms with Crippen LogP contribution in [0.4, 0.5) is 0 Å². The van der Waals surface area contributed by atoms with Crippen molar-refractivity contribution in [2.24, 2.45) is 5.92 Å². The molecule has 156 valence electrons. The quantitative estimate of drug-likeness (QED) is 0.491. The van der Waals surface area contributed by atoms with Crippen LogP contribution >= 0.6 is 0 Å². The predicted octanol–water partition coefficient (Wildman–Crippen LogP) is 4.68. The number of hydrogen-bond acceptors (Lipinski definition) is 3. The molecule has 2 atom stereocenters. The van der Waals surface area contributed by atoms with Gasteiger partial charge in [0.25, 0.3) is 8.32 Å². The minimum Gasteiger partial charge on any atom is -0.466 e. The van der Waals surface area contributed by atoms with Crippen LogP contribution in [0.25, 0.3) is 0 Å². The summed E-state index contributed by atoms with van der Waals surface area (Å²) in [6, 6.07) is 21.5. The van der Waals surface area contributed by atoms with Crippen molar-refractivity contribution in [2.75, 3.05) is 6.61 Å². The van der Waals surface area contributed by atoms with Crippen LogP contribution in [0.1, 0.15) is 53.4 Å². The van der Waals surface area contributed by atoms with Gasteiger partial charge in [-0.1, -0.05) is 87.9 Å². The molecule has 0 amide bonds. The second-order valence-corrected chi connectivity index (χ2v) is 13.3. The van der Waals surface area contributed by atoms with Gasteiger partial charge in [0.05, 0.1) is 13.0 Å². The van der Waals surface area contributed by atoms with Crippen LogP contribution in [0.2, 0.25) is 5.04 Å². The van der Waals surface area contributed by atoms with E-state index in [0.29, 0.717) is 13.0 Å². The van der Waals surface area contributed by atoms with Crippen molar-refractivity contribution in [1.82, 2.24) is 0 Å². The molecule has 3 nitrogen and oxygen atoms in total. The largest absolute Gasteiger partial charge is 0.466 e. The van der Waals surface area contributed by atoms with Gasteiger partial charge in [-0.05, 0) is 41.1 Å². The number of carbonyl (C=O) groups is 1. The second kappa shape index (κ2) is 9.27. The molecule has 0 saturated heterocycles. The molecule has 0 unspecified atom stereocenters. The molecule has 0 bridgehead atoms. The zero-order chi connectivity index (χ0) is 20.9. The Hall–Kier alpha value is -1.91. The molecule has 0 N–H and O–H groups in total. The van der Waals surface area contributed by atoms with Crippen LogP contribution in [0, 0.1) is 5.92 Å². The van der Waals surface area contributed by atoms with E-state index in [0.717, 1.165) is 19.3 Å². The summed E-state index contributed by atoms with van der Waals surface area (Å²) in [6.45, 7) is 9.20. The van der Waals surface area contributed by atoms with Crippen molar-refractivity contribution >= 4 is 24.7 Å². The minimum absolute atomic E-state index is 0.0488. The van der Waals surface area contributed by atoms with Gasteiger partial charge in [0.15, 0.2) is 0 Å². The zero-order valence-corrected chi connectivity index (χ0v) is 19.2. The highest BCUT2D eigenvalue weighted by Crippen LogP contribution is 2.41. The molecule has 0 radical (unpaired) electrons. The number of benzene rings is 2. The molecule has 1 aliphatic rings. The molecule has 0 aliphatic heterocycles. The fourth-order valence-electron chi connectivity index (χ4n) is 4.74. The summed E-state index contributed by atoms with van der Waals surface area (Å²) in [5.74, 6) is 0.131. The normalized spacial score (nSPS) is 19.9. The molecule has 1 fully saturated rings. The third-order valence-electron chi connectivity index (χ3n) is 6.07. The van der Waals surface area contributed by atoms with Crippen LogP contribution in [-0.4, -0.2) is 27.0 Å². The van der Waals surface area contributed by atoms with E-state index < -0.39 is 8.32 Å². The fraction of sp³-hybridized carbons (Fsp3) is 0.480. The first-order valence-electron chi connectivity index (χ1n) is 10.8. The maximum Gasteiger partial charge on any atom is 0.306 e. The monoisotopic (exact) mass is 410 g/mol. The van der Waals surface area contributed by atoms with Crippen LogP contribution < -0.4 is 10.4 Å². The van der Waals surface area contributed by atoms with Crippen LogP contribution in [0.15, 0.2) is 60.7 Å². The van der Waals surface area contributed by atoms with Crippen LogP contribution in [0.5, 0.6) is 0 Å². The van der Waals surface area contributed by atoms with Crippen LogP contribution in [-0.2, 0) is 14.0 Å². The lowest BCUT2D eigenvalue weighted by atomic mass is 10.0. The van der Waals surface area contributed by atoms with Crippen molar-refractivity contribution < 1.29 is 14.0 Å². The smallest absolute Gasteiger partial charge is 0.306 e. The van der Waals surface area contributed by atoms with Crippen molar-refractivity contribution in [3.63, 3.8) is 0 Å². The second-order valence-electron chi connectivity index (χ2n) is 9.02. The summed E-state index contributed by atoms with van der Waals surface area (Å²) in [7, 11) is -2.58. The van der Waals surface area contributed by atoms with Gasteiger partial charge >= 0.3 is 5.97 Å². The number of rotatable bonds is 7. The first-order valence-corrected chi connectivity index (χ1v) is 12.7. The summed E-state index contributed by atoms with van der Waals surface area (Å²) in [4.78, 5) is 12.2. The van der Waals surface area contributed by atoms with Crippen LogP contribution in [0.3, 0.4) is 0 Å². The molecule has 0 heterocycles. The molecule has 4 heteroatoms. The van der Waals surface area contributed by atoms with Crippen molar-refractivity contribution in [3.8, 4) is 0 Å². The van der Waals surface area contributed by atoms with Gasteiger partial charge in [-0.25, -0.2) is 0 Å². The molecule has 2 aromatic carbocycles. The Morgan fingerprint density at radius 3 is 2.00 bits per heavy atom. The van der Waals surface area contributed by atoms with E-state index in [2.05, 4.69) is 81.4 Å². The van der Waals surface area contributed by atoms with Gasteiger partial charge in [-0.3, -0.25) is 4.79 Å². The molecule has 29 heavy (non-hydrogen) atoms. The zero-order valence-electron chi connectivity index (χ0n) is 18.2. The first-order chi connectivity index (χ1) is 13.9. The Labute approximate surface area is 176 Å². The summed E-state index contributed by atoms with van der Waals surface area (Å²) < 4.78 is 12.5. The topological polar surface area (TPSA) is 35.5 Å². The summed E-state index contributed by atoms with van der Waals surface area (Å²) in [6.07, 6.45) is 3.69. The van der Waals surface area contributed by atoms with Gasteiger partial charge in [0.2, 0.25) is 0 Å². The van der Waals surface area contributed by atoms with E-state index in [1.54, 1.807) is 0 Å². The maximum absolute atomic E-state index is 12.2. The van der Waals surface area contributed by atoms with Crippen molar-refractivity contribution in [1.29, 1.82) is 0 Å². The number of esters is 1. The van der Waals surface area contributed by atoms with E-state index in [-0.39, 0.29) is 23.0 Å². The Morgan fingerprint density at radius 1 is 0.966 bits per heavy atom. The molecule has 3 rings (SSSR count). The summed E-state index contributed by atoms with van der Waals surface area (Å²) >= 11 is 0. The first kappa shape index (κ1) is 21.8. The fourth-order valence-corrected chi connectivity index (χ4v) is 9.52. The average Bonchev–Trinajstić information content (AvgIpc) is 3.13. The molecular formula is C25H34O3Si. The highest BCUT2D eigenvalue weighted by Gasteiger charge is 2.52. The standard InChI is InChI=1S/C25H34O3Si/c1-5-27-24(26)19-20-13-12-18-23(20)28-29(25(2,3)4,21-14-8-6-9-15-21)22-16-10-7-11-17-22/h6-11,14-17,20,23H,5,12-13,18-19H2,1-4H3/t20-,23-/m0/s1. The van der Waals surface area contributed by atoms with Crippen molar-refractivity contribution in [3.05, 3.63) is 60.7 Å². The third-order valence-corrected chi connectivity index (χ3v) is 11.1. The maximum atomic E-state index is 12.2. The Bertz CT molecular complexity index is 743. The van der Waals surface area contributed by atoms with Gasteiger partial charge in [0.1, 0.15) is 0 Å². The highest BCUT2D eigenvalue weighted by atomic mass is 28.4. The molecule has 2 aromatic rings. The predicted molar refractivity (Wildman–Crippen MR) is 121 cm³/mol. The highest BCUT2D eigenvalue weighted by molar-refractivity contribution is 6.99. The lowest BCUT2D eigenvalue weighted by Gasteiger charge is -2.45. The third kappa shape index (κ3) is 4.64. The average molecular weight is 411 g/mol. The molecule has 0 aromatic heterocycles. The van der Waals surface area contributed by atoms with E-state index in [1.807, 2.05) is 6.92 Å². The van der Waals surface area contributed by atoms with Gasteiger partial charge in [-0.2, -0.15) is 0 Å². The number of carbonyl (C=O) groups excluding carboxylic acids is 1. The molecule has 1 saturated carbocycles. The molecular weight excluding hydrogens is 376 g/mol. The van der Waals surface area contributed by atoms with Crippen molar-refractivity contribution in [2.45, 2.75) is 64.5 Å². The molecule has 1 aliphatic carbocycles. The lowest BCUT2D eigenvalue weighted by Crippen LogP contribution is -2.68. The SMILES string of the molecule is CCOC(=O)C[C@@H]1CCC[C@@H]1O[Si](c1ccccc1)(c1ccccc1)C(C)(C)C. The van der Waals surface area contributed by atoms with E-state index in [1.165, 1.54) is 10.4 Å².